The Morgan fingerprint density at radius 1 is 1.47 bits per heavy atom. The number of anilines is 1. The summed E-state index contributed by atoms with van der Waals surface area (Å²) in [5.74, 6) is -0.500. The Labute approximate surface area is 101 Å². The molecule has 0 aliphatic heterocycles. The van der Waals surface area contributed by atoms with E-state index in [1.807, 2.05) is 24.8 Å². The molecule has 1 N–H and O–H groups in total. The van der Waals surface area contributed by atoms with Crippen molar-refractivity contribution in [3.8, 4) is 6.07 Å². The number of benzene rings is 1. The molecule has 3 nitrogen and oxygen atoms in total. The molecule has 1 aromatic rings. The molecule has 0 saturated heterocycles. The number of nitrogens with zero attached hydrogens (tertiary/aromatic N) is 2. The van der Waals surface area contributed by atoms with Gasteiger partial charge in [0.1, 0.15) is 17.4 Å². The first kappa shape index (κ1) is 13.5. The predicted molar refractivity (Wildman–Crippen MR) is 65.3 cm³/mol. The van der Waals surface area contributed by atoms with Gasteiger partial charge in [0.15, 0.2) is 0 Å². The number of aliphatic hydroxyl groups excluding tert-OH is 1. The van der Waals surface area contributed by atoms with Crippen molar-refractivity contribution in [1.82, 2.24) is 0 Å². The van der Waals surface area contributed by atoms with Gasteiger partial charge in [0.05, 0.1) is 5.69 Å². The van der Waals surface area contributed by atoms with E-state index in [2.05, 4.69) is 0 Å². The van der Waals surface area contributed by atoms with Crippen molar-refractivity contribution in [2.75, 3.05) is 18.1 Å². The molecule has 0 amide bonds. The van der Waals surface area contributed by atoms with Gasteiger partial charge >= 0.3 is 0 Å². The fraction of sp³-hybridized carbons (Fsp3) is 0.462. The lowest BCUT2D eigenvalue weighted by Crippen LogP contribution is -2.33. The van der Waals surface area contributed by atoms with Gasteiger partial charge in [0.2, 0.25) is 0 Å². The molecule has 0 aliphatic carbocycles. The minimum absolute atomic E-state index is 0.0686. The first-order valence-corrected chi connectivity index (χ1v) is 5.68. The van der Waals surface area contributed by atoms with Crippen LogP contribution in [-0.4, -0.2) is 24.3 Å². The zero-order chi connectivity index (χ0) is 12.8. The van der Waals surface area contributed by atoms with E-state index in [-0.39, 0.29) is 18.2 Å². The van der Waals surface area contributed by atoms with Crippen LogP contribution >= 0.6 is 0 Å². The summed E-state index contributed by atoms with van der Waals surface area (Å²) in [7, 11) is 0. The van der Waals surface area contributed by atoms with Gasteiger partial charge < -0.3 is 10.0 Å². The maximum atomic E-state index is 13.5. The molecule has 4 heteroatoms. The number of nitriles is 1. The highest BCUT2D eigenvalue weighted by Crippen LogP contribution is 2.24. The van der Waals surface area contributed by atoms with Gasteiger partial charge in [-0.25, -0.2) is 4.39 Å². The van der Waals surface area contributed by atoms with Crippen molar-refractivity contribution in [3.05, 3.63) is 29.6 Å². The van der Waals surface area contributed by atoms with Gasteiger partial charge in [0, 0.05) is 19.2 Å². The highest BCUT2D eigenvalue weighted by Gasteiger charge is 2.16. The second-order valence-corrected chi connectivity index (χ2v) is 4.11. The van der Waals surface area contributed by atoms with E-state index in [1.54, 1.807) is 12.1 Å². The van der Waals surface area contributed by atoms with Gasteiger partial charge in [-0.05, 0) is 32.4 Å². The lowest BCUT2D eigenvalue weighted by atomic mass is 10.1. The lowest BCUT2D eigenvalue weighted by molar-refractivity contribution is 0.288. The Hall–Kier alpha value is -1.60. The molecule has 1 rings (SSSR count). The van der Waals surface area contributed by atoms with Crippen molar-refractivity contribution >= 4 is 5.69 Å². The predicted octanol–water partition coefficient (Wildman–Crippen LogP) is 2.29. The first-order valence-electron chi connectivity index (χ1n) is 5.68. The topological polar surface area (TPSA) is 47.3 Å². The van der Waals surface area contributed by atoms with Gasteiger partial charge in [-0.2, -0.15) is 5.26 Å². The zero-order valence-electron chi connectivity index (χ0n) is 10.2. The quantitative estimate of drug-likeness (QED) is 0.853. The van der Waals surface area contributed by atoms with Crippen LogP contribution in [0, 0.1) is 17.1 Å². The highest BCUT2D eigenvalue weighted by atomic mass is 19.1. The van der Waals surface area contributed by atoms with E-state index in [9.17, 15) is 4.39 Å². The third kappa shape index (κ3) is 3.18. The van der Waals surface area contributed by atoms with Crippen LogP contribution in [-0.2, 0) is 0 Å². The van der Waals surface area contributed by atoms with Crippen molar-refractivity contribution in [2.45, 2.75) is 26.3 Å². The lowest BCUT2D eigenvalue weighted by Gasteiger charge is -2.29. The minimum Gasteiger partial charge on any atom is -0.396 e. The van der Waals surface area contributed by atoms with E-state index in [0.29, 0.717) is 18.7 Å². The van der Waals surface area contributed by atoms with E-state index in [1.165, 1.54) is 6.07 Å². The molecule has 0 heterocycles. The summed E-state index contributed by atoms with van der Waals surface area (Å²) in [6.07, 6.45) is 0.597. The molecular formula is C13H17FN2O. The van der Waals surface area contributed by atoms with Crippen LogP contribution in [0.25, 0.3) is 0 Å². The number of aliphatic hydroxyl groups is 1. The average Bonchev–Trinajstić information content (AvgIpc) is 2.29. The molecule has 17 heavy (non-hydrogen) atoms. The molecule has 0 aliphatic rings. The molecule has 0 aromatic heterocycles. The van der Waals surface area contributed by atoms with Gasteiger partial charge in [-0.3, -0.25) is 0 Å². The fourth-order valence-corrected chi connectivity index (χ4v) is 1.76. The average molecular weight is 236 g/mol. The monoisotopic (exact) mass is 236 g/mol. The molecule has 0 bridgehead atoms. The summed E-state index contributed by atoms with van der Waals surface area (Å²) in [6, 6.07) is 6.66. The second-order valence-electron chi connectivity index (χ2n) is 4.11. The summed E-state index contributed by atoms with van der Waals surface area (Å²) in [4.78, 5) is 1.93. The third-order valence-corrected chi connectivity index (χ3v) is 2.59. The van der Waals surface area contributed by atoms with Gasteiger partial charge in [-0.1, -0.05) is 6.07 Å². The van der Waals surface area contributed by atoms with E-state index >= 15 is 0 Å². The summed E-state index contributed by atoms with van der Waals surface area (Å²) in [6.45, 7) is 4.64. The summed E-state index contributed by atoms with van der Waals surface area (Å²) >= 11 is 0. The fourth-order valence-electron chi connectivity index (χ4n) is 1.76. The van der Waals surface area contributed by atoms with Crippen LogP contribution in [0.5, 0.6) is 0 Å². The number of halogens is 1. The summed E-state index contributed by atoms with van der Waals surface area (Å²) < 4.78 is 13.5. The smallest absolute Gasteiger partial charge is 0.143 e. The molecular weight excluding hydrogens is 219 g/mol. The maximum absolute atomic E-state index is 13.5. The number of hydrogen-bond donors (Lipinski definition) is 1. The molecule has 0 fully saturated rings. The van der Waals surface area contributed by atoms with Gasteiger partial charge in [0.25, 0.3) is 0 Å². The van der Waals surface area contributed by atoms with Crippen LogP contribution in [0.15, 0.2) is 18.2 Å². The Kier molecular flexibility index (Phi) is 4.92. The Balaban J connectivity index is 3.10. The normalized spacial score (nSPS) is 10.4. The van der Waals surface area contributed by atoms with Crippen LogP contribution in [0.1, 0.15) is 25.8 Å². The van der Waals surface area contributed by atoms with Crippen LogP contribution in [0.4, 0.5) is 10.1 Å². The first-order chi connectivity index (χ1) is 8.11. The zero-order valence-corrected chi connectivity index (χ0v) is 10.2. The van der Waals surface area contributed by atoms with Crippen LogP contribution in [0.2, 0.25) is 0 Å². The van der Waals surface area contributed by atoms with Crippen molar-refractivity contribution in [2.24, 2.45) is 0 Å². The second kappa shape index (κ2) is 6.21. The highest BCUT2D eigenvalue weighted by molar-refractivity contribution is 5.60. The summed E-state index contributed by atoms with van der Waals surface area (Å²) in [5, 5.41) is 17.8. The molecule has 0 unspecified atom stereocenters. The molecule has 0 spiro atoms. The third-order valence-electron chi connectivity index (χ3n) is 2.59. The Morgan fingerprint density at radius 2 is 2.18 bits per heavy atom. The Bertz CT molecular complexity index is 412. The molecule has 92 valence electrons. The number of hydrogen-bond acceptors (Lipinski definition) is 3. The van der Waals surface area contributed by atoms with Crippen LogP contribution < -0.4 is 4.90 Å². The van der Waals surface area contributed by atoms with Crippen molar-refractivity contribution in [3.63, 3.8) is 0 Å². The van der Waals surface area contributed by atoms with E-state index in [4.69, 9.17) is 10.4 Å². The van der Waals surface area contributed by atoms with Crippen molar-refractivity contribution < 1.29 is 9.50 Å². The molecule has 0 saturated carbocycles. The van der Waals surface area contributed by atoms with E-state index in [0.717, 1.165) is 0 Å². The standard InChI is InChI=1S/C13H17FN2O/c1-10(2)16(7-4-8-17)13-6-3-5-12(14)11(13)9-15/h3,5-6,10,17H,4,7-8H2,1-2H3. The van der Waals surface area contributed by atoms with Crippen LogP contribution in [0.3, 0.4) is 0 Å². The molecule has 0 atom stereocenters. The van der Waals surface area contributed by atoms with Crippen molar-refractivity contribution in [1.29, 1.82) is 5.26 Å². The largest absolute Gasteiger partial charge is 0.396 e. The molecule has 0 radical (unpaired) electrons. The maximum Gasteiger partial charge on any atom is 0.143 e. The molecule has 1 aromatic carbocycles. The SMILES string of the molecule is CC(C)N(CCCO)c1cccc(F)c1C#N. The Morgan fingerprint density at radius 3 is 2.71 bits per heavy atom. The summed E-state index contributed by atoms with van der Waals surface area (Å²) in [5.41, 5.74) is 0.662. The van der Waals surface area contributed by atoms with Gasteiger partial charge in [-0.15, -0.1) is 0 Å². The van der Waals surface area contributed by atoms with E-state index < -0.39 is 5.82 Å². The number of rotatable bonds is 5. The minimum atomic E-state index is -0.500.